The van der Waals surface area contributed by atoms with Gasteiger partial charge in [0.1, 0.15) is 23.2 Å². The molecule has 0 saturated carbocycles. The quantitative estimate of drug-likeness (QED) is 0.580. The van der Waals surface area contributed by atoms with Gasteiger partial charge in [0.05, 0.1) is 6.61 Å². The van der Waals surface area contributed by atoms with Gasteiger partial charge >= 0.3 is 6.03 Å². The third-order valence-electron chi connectivity index (χ3n) is 5.86. The number of nitrogens with one attached hydrogen (secondary N) is 1. The Labute approximate surface area is 199 Å². The standard InChI is InChI=1S/C26H30FN5O2/c1-4-34-23-10-8-22(9-11-23)30-26(33)32-14-12-31(13-15-32)25-24(18(2)28-19(3)29-25)17-20-6-5-7-21(27)16-20/h5-11,16H,4,12-15,17H2,1-3H3,(H,30,33). The molecule has 0 aliphatic carbocycles. The molecular formula is C26H30FN5O2. The highest BCUT2D eigenvalue weighted by atomic mass is 19.1. The van der Waals surface area contributed by atoms with E-state index in [2.05, 4.69) is 15.2 Å². The summed E-state index contributed by atoms with van der Waals surface area (Å²) in [5.41, 5.74) is 3.49. The number of anilines is 2. The molecule has 1 aliphatic rings. The SMILES string of the molecule is CCOc1ccc(NC(=O)N2CCN(c3nc(C)nc(C)c3Cc3cccc(F)c3)CC2)cc1. The molecule has 1 saturated heterocycles. The predicted molar refractivity (Wildman–Crippen MR) is 131 cm³/mol. The fraction of sp³-hybridized carbons (Fsp3) is 0.346. The lowest BCUT2D eigenvalue weighted by Gasteiger charge is -2.36. The maximum absolute atomic E-state index is 13.7. The number of urea groups is 1. The van der Waals surface area contributed by atoms with Gasteiger partial charge in [-0.3, -0.25) is 0 Å². The van der Waals surface area contributed by atoms with E-state index in [9.17, 15) is 9.18 Å². The van der Waals surface area contributed by atoms with Gasteiger partial charge in [0.15, 0.2) is 0 Å². The van der Waals surface area contributed by atoms with Gasteiger partial charge in [0, 0.05) is 49.5 Å². The van der Waals surface area contributed by atoms with Crippen molar-refractivity contribution >= 4 is 17.5 Å². The van der Waals surface area contributed by atoms with E-state index in [-0.39, 0.29) is 11.8 Å². The molecule has 34 heavy (non-hydrogen) atoms. The molecular weight excluding hydrogens is 433 g/mol. The minimum Gasteiger partial charge on any atom is -0.494 e. The summed E-state index contributed by atoms with van der Waals surface area (Å²) in [7, 11) is 0. The number of aryl methyl sites for hydroxylation is 2. The Hall–Kier alpha value is -3.68. The van der Waals surface area contributed by atoms with Crippen LogP contribution in [0.2, 0.25) is 0 Å². The number of ether oxygens (including phenoxy) is 1. The summed E-state index contributed by atoms with van der Waals surface area (Å²) < 4.78 is 19.2. The monoisotopic (exact) mass is 463 g/mol. The van der Waals surface area contributed by atoms with Gasteiger partial charge in [0.25, 0.3) is 0 Å². The van der Waals surface area contributed by atoms with Crippen LogP contribution in [-0.2, 0) is 6.42 Å². The molecule has 2 aromatic carbocycles. The lowest BCUT2D eigenvalue weighted by atomic mass is 10.0. The maximum atomic E-state index is 13.7. The van der Waals surface area contributed by atoms with Crippen LogP contribution in [0.4, 0.5) is 20.7 Å². The molecule has 1 fully saturated rings. The van der Waals surface area contributed by atoms with Gasteiger partial charge in [-0.15, -0.1) is 0 Å². The molecule has 1 aliphatic heterocycles. The third-order valence-corrected chi connectivity index (χ3v) is 5.86. The fourth-order valence-electron chi connectivity index (χ4n) is 4.16. The predicted octanol–water partition coefficient (Wildman–Crippen LogP) is 4.58. The molecule has 4 rings (SSSR count). The second-order valence-electron chi connectivity index (χ2n) is 8.33. The van der Waals surface area contributed by atoms with Gasteiger partial charge in [-0.25, -0.2) is 19.2 Å². The molecule has 0 radical (unpaired) electrons. The van der Waals surface area contributed by atoms with Crippen molar-refractivity contribution in [1.29, 1.82) is 0 Å². The zero-order chi connectivity index (χ0) is 24.1. The summed E-state index contributed by atoms with van der Waals surface area (Å²) in [4.78, 5) is 26.0. The van der Waals surface area contributed by atoms with Crippen LogP contribution in [0.15, 0.2) is 48.5 Å². The van der Waals surface area contributed by atoms with E-state index < -0.39 is 0 Å². The highest BCUT2D eigenvalue weighted by Gasteiger charge is 2.25. The Morgan fingerprint density at radius 1 is 1.06 bits per heavy atom. The summed E-state index contributed by atoms with van der Waals surface area (Å²) in [6, 6.07) is 13.9. The smallest absolute Gasteiger partial charge is 0.321 e. The first-order valence-electron chi connectivity index (χ1n) is 11.5. The molecule has 2 heterocycles. The van der Waals surface area contributed by atoms with Crippen molar-refractivity contribution < 1.29 is 13.9 Å². The molecule has 0 atom stereocenters. The Kier molecular flexibility index (Phi) is 7.25. The summed E-state index contributed by atoms with van der Waals surface area (Å²) in [5, 5.41) is 2.95. The number of halogens is 1. The van der Waals surface area contributed by atoms with E-state index in [0.29, 0.717) is 45.0 Å². The van der Waals surface area contributed by atoms with Gasteiger partial charge in [-0.05, 0) is 62.7 Å². The summed E-state index contributed by atoms with van der Waals surface area (Å²) in [6.45, 7) is 8.84. The van der Waals surface area contributed by atoms with E-state index in [0.717, 1.165) is 34.1 Å². The minimum absolute atomic E-state index is 0.126. The largest absolute Gasteiger partial charge is 0.494 e. The van der Waals surface area contributed by atoms with Crippen LogP contribution >= 0.6 is 0 Å². The van der Waals surface area contributed by atoms with E-state index >= 15 is 0 Å². The first-order chi connectivity index (χ1) is 16.4. The molecule has 3 aromatic rings. The van der Waals surface area contributed by atoms with E-state index in [1.54, 1.807) is 17.0 Å². The Morgan fingerprint density at radius 3 is 2.47 bits per heavy atom. The van der Waals surface area contributed by atoms with Crippen LogP contribution in [-0.4, -0.2) is 53.7 Å². The number of amides is 2. The van der Waals surface area contributed by atoms with E-state index in [1.165, 1.54) is 6.07 Å². The van der Waals surface area contributed by atoms with Gasteiger partial charge < -0.3 is 19.9 Å². The van der Waals surface area contributed by atoms with Crippen molar-refractivity contribution in [2.24, 2.45) is 0 Å². The number of piperazine rings is 1. The number of carbonyl (C=O) groups excluding carboxylic acids is 1. The Bertz CT molecular complexity index is 1140. The van der Waals surface area contributed by atoms with Crippen LogP contribution in [0.25, 0.3) is 0 Å². The van der Waals surface area contributed by atoms with Crippen LogP contribution in [0.5, 0.6) is 5.75 Å². The summed E-state index contributed by atoms with van der Waals surface area (Å²) in [6.07, 6.45) is 0.553. The average molecular weight is 464 g/mol. The highest BCUT2D eigenvalue weighted by molar-refractivity contribution is 5.89. The molecule has 1 N–H and O–H groups in total. The van der Waals surface area contributed by atoms with Crippen LogP contribution in [0.3, 0.4) is 0 Å². The van der Waals surface area contributed by atoms with Crippen molar-refractivity contribution in [2.45, 2.75) is 27.2 Å². The first kappa shape index (κ1) is 23.5. The Balaban J connectivity index is 1.43. The second kappa shape index (κ2) is 10.5. The normalized spacial score (nSPS) is 13.6. The summed E-state index contributed by atoms with van der Waals surface area (Å²) >= 11 is 0. The van der Waals surface area contributed by atoms with Crippen molar-refractivity contribution in [1.82, 2.24) is 14.9 Å². The lowest BCUT2D eigenvalue weighted by molar-refractivity contribution is 0.208. The fourth-order valence-corrected chi connectivity index (χ4v) is 4.16. The van der Waals surface area contributed by atoms with Gasteiger partial charge in [-0.1, -0.05) is 12.1 Å². The molecule has 0 unspecified atom stereocenters. The van der Waals surface area contributed by atoms with Crippen LogP contribution in [0, 0.1) is 19.7 Å². The van der Waals surface area contributed by atoms with Crippen LogP contribution in [0.1, 0.15) is 29.6 Å². The molecule has 2 amide bonds. The second-order valence-corrected chi connectivity index (χ2v) is 8.33. The van der Waals surface area contributed by atoms with Crippen LogP contribution < -0.4 is 15.0 Å². The zero-order valence-electron chi connectivity index (χ0n) is 19.8. The molecule has 178 valence electrons. The average Bonchev–Trinajstić information content (AvgIpc) is 2.82. The number of carbonyl (C=O) groups is 1. The topological polar surface area (TPSA) is 70.6 Å². The van der Waals surface area contributed by atoms with Gasteiger partial charge in [0.2, 0.25) is 0 Å². The number of hydrogen-bond donors (Lipinski definition) is 1. The van der Waals surface area contributed by atoms with Crippen molar-refractivity contribution in [3.63, 3.8) is 0 Å². The van der Waals surface area contributed by atoms with Crippen molar-refractivity contribution in [2.75, 3.05) is 43.0 Å². The molecule has 0 bridgehead atoms. The van der Waals surface area contributed by atoms with E-state index in [1.807, 2.05) is 51.1 Å². The number of nitrogens with zero attached hydrogens (tertiary/aromatic N) is 4. The number of rotatable bonds is 6. The zero-order valence-corrected chi connectivity index (χ0v) is 19.8. The molecule has 0 spiro atoms. The lowest BCUT2D eigenvalue weighted by Crippen LogP contribution is -2.50. The van der Waals surface area contributed by atoms with Gasteiger partial charge in [-0.2, -0.15) is 0 Å². The summed E-state index contributed by atoms with van der Waals surface area (Å²) in [5.74, 6) is 2.09. The Morgan fingerprint density at radius 2 is 1.79 bits per heavy atom. The highest BCUT2D eigenvalue weighted by Crippen LogP contribution is 2.25. The maximum Gasteiger partial charge on any atom is 0.321 e. The molecule has 8 heteroatoms. The van der Waals surface area contributed by atoms with Crippen molar-refractivity contribution in [3.8, 4) is 5.75 Å². The molecule has 1 aromatic heterocycles. The third kappa shape index (κ3) is 5.62. The number of benzene rings is 2. The minimum atomic E-state index is -0.253. The first-order valence-corrected chi connectivity index (χ1v) is 11.5. The number of aromatic nitrogens is 2. The van der Waals surface area contributed by atoms with E-state index in [4.69, 9.17) is 9.72 Å². The number of hydrogen-bond acceptors (Lipinski definition) is 5. The molecule has 7 nitrogen and oxygen atoms in total. The van der Waals surface area contributed by atoms with Crippen molar-refractivity contribution in [3.05, 3.63) is 77.0 Å².